The minimum absolute atomic E-state index is 0.0205. The average molecular weight is 272 g/mol. The summed E-state index contributed by atoms with van der Waals surface area (Å²) < 4.78 is 16.9. The van der Waals surface area contributed by atoms with Crippen molar-refractivity contribution in [3.63, 3.8) is 0 Å². The third-order valence-electron chi connectivity index (χ3n) is 4.32. The summed E-state index contributed by atoms with van der Waals surface area (Å²) in [4.78, 5) is 11.3. The first-order valence-electron chi connectivity index (χ1n) is 7.05. The van der Waals surface area contributed by atoms with Crippen LogP contribution in [0.25, 0.3) is 0 Å². The lowest BCUT2D eigenvalue weighted by atomic mass is 9.91. The first-order chi connectivity index (χ1) is 8.63. The van der Waals surface area contributed by atoms with E-state index < -0.39 is 10.8 Å². The van der Waals surface area contributed by atoms with Gasteiger partial charge in [-0.25, -0.2) is 0 Å². The lowest BCUT2D eigenvalue weighted by molar-refractivity contribution is -0.141. The minimum Gasteiger partial charge on any atom is -0.469 e. The van der Waals surface area contributed by atoms with Gasteiger partial charge in [-0.2, -0.15) is 0 Å². The smallest absolute Gasteiger partial charge is 0.306 e. The van der Waals surface area contributed by atoms with Gasteiger partial charge in [0.2, 0.25) is 0 Å². The van der Waals surface area contributed by atoms with Crippen LogP contribution in [0.1, 0.15) is 51.4 Å². The molecule has 0 bridgehead atoms. The van der Waals surface area contributed by atoms with E-state index in [9.17, 15) is 9.00 Å². The molecule has 3 nitrogen and oxygen atoms in total. The minimum atomic E-state index is -0.751. The van der Waals surface area contributed by atoms with Crippen LogP contribution in [0.15, 0.2) is 0 Å². The number of methoxy groups -OCH3 is 1. The molecule has 0 aromatic carbocycles. The highest BCUT2D eigenvalue weighted by molar-refractivity contribution is 7.85. The van der Waals surface area contributed by atoms with Gasteiger partial charge < -0.3 is 4.74 Å². The van der Waals surface area contributed by atoms with Crippen molar-refractivity contribution in [3.8, 4) is 0 Å². The van der Waals surface area contributed by atoms with Gasteiger partial charge in [-0.3, -0.25) is 9.00 Å². The van der Waals surface area contributed by atoms with Crippen molar-refractivity contribution in [1.29, 1.82) is 0 Å². The molecular weight excluding hydrogens is 248 g/mol. The second-order valence-corrected chi connectivity index (χ2v) is 7.51. The van der Waals surface area contributed by atoms with Gasteiger partial charge >= 0.3 is 5.97 Å². The average Bonchev–Trinajstić information content (AvgIpc) is 3.09. The van der Waals surface area contributed by atoms with Gasteiger partial charge in [-0.1, -0.05) is 19.3 Å². The van der Waals surface area contributed by atoms with Crippen molar-refractivity contribution in [2.24, 2.45) is 11.3 Å². The summed E-state index contributed by atoms with van der Waals surface area (Å²) in [5.74, 6) is 2.07. The number of carbonyl (C=O) groups is 1. The maximum atomic E-state index is 12.2. The number of hydrogen-bond donors (Lipinski definition) is 0. The van der Waals surface area contributed by atoms with Gasteiger partial charge in [0.05, 0.1) is 13.5 Å². The highest BCUT2D eigenvalue weighted by Crippen LogP contribution is 2.49. The fourth-order valence-corrected chi connectivity index (χ4v) is 5.00. The van der Waals surface area contributed by atoms with Crippen molar-refractivity contribution in [1.82, 2.24) is 0 Å². The van der Waals surface area contributed by atoms with E-state index >= 15 is 0 Å². The molecule has 0 saturated heterocycles. The molecule has 18 heavy (non-hydrogen) atoms. The molecule has 2 saturated carbocycles. The fraction of sp³-hybridized carbons (Fsp3) is 0.929. The van der Waals surface area contributed by atoms with E-state index in [1.165, 1.54) is 39.2 Å². The van der Waals surface area contributed by atoms with Crippen LogP contribution in [0.2, 0.25) is 0 Å². The zero-order chi connectivity index (χ0) is 13.0. The van der Waals surface area contributed by atoms with Crippen molar-refractivity contribution < 1.29 is 13.7 Å². The SMILES string of the molecule is COC(=O)CC1(CS(=O)CC2CCCCC2)CC1. The Bertz CT molecular complexity index is 317. The Morgan fingerprint density at radius 2 is 1.94 bits per heavy atom. The van der Waals surface area contributed by atoms with Gasteiger partial charge in [-0.05, 0) is 37.0 Å². The summed E-state index contributed by atoms with van der Waals surface area (Å²) in [5.41, 5.74) is 0.0205. The van der Waals surface area contributed by atoms with Gasteiger partial charge in [-0.15, -0.1) is 0 Å². The summed E-state index contributed by atoms with van der Waals surface area (Å²) in [6, 6.07) is 0. The molecule has 2 aliphatic carbocycles. The third-order valence-corrected chi connectivity index (χ3v) is 6.10. The zero-order valence-corrected chi connectivity index (χ0v) is 12.1. The van der Waals surface area contributed by atoms with Gasteiger partial charge in [0.15, 0.2) is 0 Å². The Balaban J connectivity index is 1.74. The van der Waals surface area contributed by atoms with Crippen LogP contribution in [0.3, 0.4) is 0 Å². The molecule has 0 radical (unpaired) electrons. The van der Waals surface area contributed by atoms with E-state index in [1.807, 2.05) is 0 Å². The second kappa shape index (κ2) is 6.18. The van der Waals surface area contributed by atoms with Crippen LogP contribution in [-0.4, -0.2) is 28.8 Å². The van der Waals surface area contributed by atoms with Crippen molar-refractivity contribution >= 4 is 16.8 Å². The quantitative estimate of drug-likeness (QED) is 0.698. The van der Waals surface area contributed by atoms with E-state index in [-0.39, 0.29) is 11.4 Å². The van der Waals surface area contributed by atoms with Gasteiger partial charge in [0.1, 0.15) is 0 Å². The van der Waals surface area contributed by atoms with E-state index in [1.54, 1.807) is 0 Å². The molecule has 4 heteroatoms. The molecule has 0 heterocycles. The third kappa shape index (κ3) is 4.08. The van der Waals surface area contributed by atoms with E-state index in [2.05, 4.69) is 0 Å². The lowest BCUT2D eigenvalue weighted by Gasteiger charge is -2.22. The molecule has 2 aliphatic rings. The molecule has 2 fully saturated rings. The molecule has 0 aromatic rings. The first kappa shape index (κ1) is 14.0. The Morgan fingerprint density at radius 3 is 2.50 bits per heavy atom. The Kier molecular flexibility index (Phi) is 4.82. The second-order valence-electron chi connectivity index (χ2n) is 6.01. The summed E-state index contributed by atoms with van der Waals surface area (Å²) in [6.07, 6.45) is 8.97. The Labute approximate surface area is 112 Å². The van der Waals surface area contributed by atoms with Crippen LogP contribution in [0.4, 0.5) is 0 Å². The summed E-state index contributed by atoms with van der Waals surface area (Å²) >= 11 is 0. The molecular formula is C14H24O3S. The first-order valence-corrected chi connectivity index (χ1v) is 8.54. The Morgan fingerprint density at radius 1 is 1.28 bits per heavy atom. The van der Waals surface area contributed by atoms with Crippen molar-refractivity contribution in [2.45, 2.75) is 51.4 Å². The predicted octanol–water partition coefficient (Wildman–Crippen LogP) is 2.66. The number of hydrogen-bond acceptors (Lipinski definition) is 3. The number of ether oxygens (including phenoxy) is 1. The molecule has 0 amide bonds. The maximum Gasteiger partial charge on any atom is 0.306 e. The molecule has 1 unspecified atom stereocenters. The summed E-state index contributed by atoms with van der Waals surface area (Å²) in [5, 5.41) is 0. The van der Waals surface area contributed by atoms with E-state index in [0.717, 1.165) is 18.6 Å². The van der Waals surface area contributed by atoms with E-state index in [0.29, 0.717) is 18.1 Å². The fourth-order valence-electron chi connectivity index (χ4n) is 2.94. The monoisotopic (exact) mass is 272 g/mol. The number of rotatable bonds is 6. The molecule has 0 aromatic heterocycles. The highest BCUT2D eigenvalue weighted by atomic mass is 32.2. The van der Waals surface area contributed by atoms with Crippen LogP contribution < -0.4 is 0 Å². The summed E-state index contributed by atoms with van der Waals surface area (Å²) in [7, 11) is 0.677. The van der Waals surface area contributed by atoms with Gasteiger partial charge in [0, 0.05) is 22.3 Å². The van der Waals surface area contributed by atoms with Crippen LogP contribution in [0, 0.1) is 11.3 Å². The molecule has 2 rings (SSSR count). The topological polar surface area (TPSA) is 43.4 Å². The molecule has 0 aliphatic heterocycles. The maximum absolute atomic E-state index is 12.2. The Hall–Kier alpha value is -0.380. The number of carbonyl (C=O) groups excluding carboxylic acids is 1. The molecule has 0 N–H and O–H groups in total. The molecule has 0 spiro atoms. The van der Waals surface area contributed by atoms with Crippen molar-refractivity contribution in [2.75, 3.05) is 18.6 Å². The summed E-state index contributed by atoms with van der Waals surface area (Å²) in [6.45, 7) is 0. The zero-order valence-electron chi connectivity index (χ0n) is 11.3. The molecule has 1 atom stereocenters. The van der Waals surface area contributed by atoms with Crippen LogP contribution in [-0.2, 0) is 20.3 Å². The normalized spacial score (nSPS) is 24.5. The van der Waals surface area contributed by atoms with Crippen LogP contribution in [0.5, 0.6) is 0 Å². The molecule has 104 valence electrons. The van der Waals surface area contributed by atoms with Gasteiger partial charge in [0.25, 0.3) is 0 Å². The van der Waals surface area contributed by atoms with E-state index in [4.69, 9.17) is 4.74 Å². The van der Waals surface area contributed by atoms with Crippen LogP contribution >= 0.6 is 0 Å². The van der Waals surface area contributed by atoms with Crippen molar-refractivity contribution in [3.05, 3.63) is 0 Å². The number of esters is 1. The predicted molar refractivity (Wildman–Crippen MR) is 72.8 cm³/mol. The standard InChI is InChI=1S/C14H24O3S/c1-17-13(15)9-14(7-8-14)11-18(16)10-12-5-3-2-4-6-12/h12H,2-11H2,1H3. The highest BCUT2D eigenvalue weighted by Gasteiger charge is 2.46. The largest absolute Gasteiger partial charge is 0.469 e. The lowest BCUT2D eigenvalue weighted by Crippen LogP contribution is -2.22.